The fraction of sp³-hybridized carbons (Fsp3) is 0.100. The molecule has 0 aliphatic carbocycles. The molecule has 1 heterocycles. The number of anilines is 1. The van der Waals surface area contributed by atoms with Crippen molar-refractivity contribution in [2.75, 3.05) is 12.8 Å². The average molecular weight is 305 g/mol. The first-order valence-corrected chi connectivity index (χ1v) is 5.28. The summed E-state index contributed by atoms with van der Waals surface area (Å²) in [6.45, 7) is 0. The Hall–Kier alpha value is -1.63. The van der Waals surface area contributed by atoms with E-state index in [1.807, 2.05) is 0 Å². The fourth-order valence-corrected chi connectivity index (χ4v) is 1.98. The fourth-order valence-electron chi connectivity index (χ4n) is 1.41. The van der Waals surface area contributed by atoms with Crippen LogP contribution >= 0.6 is 15.9 Å². The van der Waals surface area contributed by atoms with Crippen molar-refractivity contribution in [2.24, 2.45) is 0 Å². The van der Waals surface area contributed by atoms with Gasteiger partial charge < -0.3 is 15.0 Å². The summed E-state index contributed by atoms with van der Waals surface area (Å²) in [4.78, 5) is 0. The third-order valence-electron chi connectivity index (χ3n) is 2.12. The molecule has 4 nitrogen and oxygen atoms in total. The second kappa shape index (κ2) is 4.33. The number of hydrogen-bond donors (Lipinski definition) is 1. The number of nitrogens with two attached hydrogens (primary N) is 1. The normalized spacial score (nSPS) is 10.6. The van der Waals surface area contributed by atoms with Gasteiger partial charge in [-0.05, 0) is 22.0 Å². The summed E-state index contributed by atoms with van der Waals surface area (Å²) >= 11 is 3.08. The molecular weight excluding hydrogens is 298 g/mol. The number of halogens is 3. The zero-order chi connectivity index (χ0) is 12.6. The Morgan fingerprint density at radius 2 is 2.12 bits per heavy atom. The molecule has 0 amide bonds. The van der Waals surface area contributed by atoms with E-state index >= 15 is 0 Å². The van der Waals surface area contributed by atoms with Crippen LogP contribution in [-0.2, 0) is 0 Å². The highest BCUT2D eigenvalue weighted by molar-refractivity contribution is 9.10. The highest BCUT2D eigenvalue weighted by atomic mass is 79.9. The van der Waals surface area contributed by atoms with Gasteiger partial charge in [0.25, 0.3) is 0 Å². The molecule has 0 spiro atoms. The Morgan fingerprint density at radius 1 is 1.41 bits per heavy atom. The van der Waals surface area contributed by atoms with Crippen molar-refractivity contribution in [3.8, 4) is 17.0 Å². The Labute approximate surface area is 103 Å². The van der Waals surface area contributed by atoms with Crippen molar-refractivity contribution in [1.82, 2.24) is 5.16 Å². The van der Waals surface area contributed by atoms with Gasteiger partial charge in [0, 0.05) is 6.07 Å². The van der Waals surface area contributed by atoms with E-state index in [1.54, 1.807) is 0 Å². The summed E-state index contributed by atoms with van der Waals surface area (Å²) in [5.41, 5.74) is 5.26. The van der Waals surface area contributed by atoms with Crippen LogP contribution in [0.25, 0.3) is 11.3 Å². The van der Waals surface area contributed by atoms with Crippen LogP contribution < -0.4 is 10.5 Å². The van der Waals surface area contributed by atoms with Crippen LogP contribution in [0.4, 0.5) is 14.7 Å². The zero-order valence-corrected chi connectivity index (χ0v) is 10.2. The number of nitrogen functional groups attached to an aromatic ring is 1. The third-order valence-corrected chi connectivity index (χ3v) is 2.70. The molecule has 7 heteroatoms. The standard InChI is InChI=1S/C10H7BrF2N2O2/c1-16-10-4(11)2-5(12)9(13)8(10)6-3-7(14)17-15-6/h2-3H,14H2,1H3. The van der Waals surface area contributed by atoms with Gasteiger partial charge in [-0.2, -0.15) is 0 Å². The number of benzene rings is 1. The molecule has 0 bridgehead atoms. The van der Waals surface area contributed by atoms with Crippen LogP contribution in [0.15, 0.2) is 21.1 Å². The maximum absolute atomic E-state index is 13.7. The number of hydrogen-bond acceptors (Lipinski definition) is 4. The smallest absolute Gasteiger partial charge is 0.222 e. The van der Waals surface area contributed by atoms with E-state index in [9.17, 15) is 8.78 Å². The largest absolute Gasteiger partial charge is 0.495 e. The summed E-state index contributed by atoms with van der Waals surface area (Å²) in [6.07, 6.45) is 0. The molecule has 1 aromatic carbocycles. The van der Waals surface area contributed by atoms with Gasteiger partial charge in [0.2, 0.25) is 5.88 Å². The molecule has 0 fully saturated rings. The van der Waals surface area contributed by atoms with Gasteiger partial charge in [-0.3, -0.25) is 0 Å². The van der Waals surface area contributed by atoms with Crippen LogP contribution in [0.2, 0.25) is 0 Å². The van der Waals surface area contributed by atoms with E-state index in [0.29, 0.717) is 0 Å². The van der Waals surface area contributed by atoms with Crippen LogP contribution in [0.3, 0.4) is 0 Å². The Bertz CT molecular complexity index is 572. The summed E-state index contributed by atoms with van der Waals surface area (Å²) < 4.78 is 36.9. The number of ether oxygens (including phenoxy) is 1. The van der Waals surface area contributed by atoms with E-state index in [1.165, 1.54) is 13.2 Å². The van der Waals surface area contributed by atoms with Gasteiger partial charge in [0.15, 0.2) is 11.6 Å². The van der Waals surface area contributed by atoms with Gasteiger partial charge in [-0.15, -0.1) is 0 Å². The quantitative estimate of drug-likeness (QED) is 0.867. The lowest BCUT2D eigenvalue weighted by atomic mass is 10.1. The SMILES string of the molecule is COc1c(Br)cc(F)c(F)c1-c1cc(N)on1. The minimum atomic E-state index is -1.07. The van der Waals surface area contributed by atoms with Crippen LogP contribution in [-0.4, -0.2) is 12.3 Å². The van der Waals surface area contributed by atoms with Gasteiger partial charge in [0.05, 0.1) is 17.1 Å². The van der Waals surface area contributed by atoms with Gasteiger partial charge in [-0.25, -0.2) is 8.78 Å². The molecule has 2 N–H and O–H groups in total. The van der Waals surface area contributed by atoms with Crippen LogP contribution in [0, 0.1) is 11.6 Å². The number of aromatic nitrogens is 1. The first-order valence-electron chi connectivity index (χ1n) is 4.48. The minimum absolute atomic E-state index is 0.00170. The Morgan fingerprint density at radius 3 is 2.65 bits per heavy atom. The van der Waals surface area contributed by atoms with Crippen molar-refractivity contribution in [2.45, 2.75) is 0 Å². The van der Waals surface area contributed by atoms with Gasteiger partial charge in [0.1, 0.15) is 11.4 Å². The molecule has 17 heavy (non-hydrogen) atoms. The first kappa shape index (κ1) is 11.8. The first-order chi connectivity index (χ1) is 8.04. The molecule has 0 atom stereocenters. The van der Waals surface area contributed by atoms with E-state index in [0.717, 1.165) is 6.07 Å². The second-order valence-corrected chi connectivity index (χ2v) is 4.03. The van der Waals surface area contributed by atoms with Crippen molar-refractivity contribution in [3.05, 3.63) is 28.2 Å². The number of methoxy groups -OCH3 is 1. The average Bonchev–Trinajstić information content (AvgIpc) is 2.69. The molecule has 1 aromatic heterocycles. The maximum Gasteiger partial charge on any atom is 0.222 e. The Kier molecular flexibility index (Phi) is 3.01. The number of rotatable bonds is 2. The lowest BCUT2D eigenvalue weighted by Gasteiger charge is -2.09. The third kappa shape index (κ3) is 1.97. The molecule has 0 unspecified atom stereocenters. The van der Waals surface area contributed by atoms with E-state index in [-0.39, 0.29) is 27.4 Å². The van der Waals surface area contributed by atoms with Crippen LogP contribution in [0.5, 0.6) is 5.75 Å². The molecule has 2 rings (SSSR count). The van der Waals surface area contributed by atoms with E-state index in [4.69, 9.17) is 10.5 Å². The molecule has 0 radical (unpaired) electrons. The summed E-state index contributed by atoms with van der Waals surface area (Å²) in [6, 6.07) is 2.26. The highest BCUT2D eigenvalue weighted by Gasteiger charge is 2.22. The van der Waals surface area contributed by atoms with E-state index in [2.05, 4.69) is 25.6 Å². The molecule has 0 aliphatic heterocycles. The zero-order valence-electron chi connectivity index (χ0n) is 8.63. The molecule has 2 aromatic rings. The van der Waals surface area contributed by atoms with Crippen LogP contribution in [0.1, 0.15) is 0 Å². The molecule has 0 saturated heterocycles. The summed E-state index contributed by atoms with van der Waals surface area (Å²) in [5, 5.41) is 3.53. The monoisotopic (exact) mass is 304 g/mol. The molecule has 0 saturated carbocycles. The van der Waals surface area contributed by atoms with Crippen molar-refractivity contribution in [3.63, 3.8) is 0 Å². The lowest BCUT2D eigenvalue weighted by molar-refractivity contribution is 0.403. The number of nitrogens with zero attached hydrogens (tertiary/aromatic N) is 1. The maximum atomic E-state index is 13.7. The molecular formula is C10H7BrF2N2O2. The predicted octanol–water partition coefficient (Wildman–Crippen LogP) is 2.97. The predicted molar refractivity (Wildman–Crippen MR) is 60.5 cm³/mol. The minimum Gasteiger partial charge on any atom is -0.495 e. The highest BCUT2D eigenvalue weighted by Crippen LogP contribution is 2.39. The lowest BCUT2D eigenvalue weighted by Crippen LogP contribution is -1.96. The van der Waals surface area contributed by atoms with Gasteiger partial charge in [-0.1, -0.05) is 5.16 Å². The van der Waals surface area contributed by atoms with Crippen molar-refractivity contribution >= 4 is 21.8 Å². The van der Waals surface area contributed by atoms with Crippen molar-refractivity contribution in [1.29, 1.82) is 0 Å². The topological polar surface area (TPSA) is 61.3 Å². The molecule has 0 aliphatic rings. The second-order valence-electron chi connectivity index (χ2n) is 3.18. The van der Waals surface area contributed by atoms with E-state index < -0.39 is 11.6 Å². The van der Waals surface area contributed by atoms with Gasteiger partial charge >= 0.3 is 0 Å². The summed E-state index contributed by atoms with van der Waals surface area (Å²) in [7, 11) is 1.34. The summed E-state index contributed by atoms with van der Waals surface area (Å²) in [5.74, 6) is -1.97. The molecule has 90 valence electrons. The van der Waals surface area contributed by atoms with Crippen molar-refractivity contribution < 1.29 is 18.0 Å². The Balaban J connectivity index is 2.74.